The number of nitrogens with one attached hydrogen (secondary N) is 1. The number of ether oxygens (including phenoxy) is 2. The Morgan fingerprint density at radius 1 is 1.19 bits per heavy atom. The van der Waals surface area contributed by atoms with E-state index in [2.05, 4.69) is 17.2 Å². The Morgan fingerprint density at radius 2 is 2.03 bits per heavy atom. The number of esters is 2. The number of thiophene rings is 1. The maximum atomic E-state index is 12.7. The highest BCUT2D eigenvalue weighted by Gasteiger charge is 2.29. The predicted octanol–water partition coefficient (Wildman–Crippen LogP) is 3.50. The van der Waals surface area contributed by atoms with Crippen LogP contribution < -0.4 is 10.9 Å². The van der Waals surface area contributed by atoms with Crippen LogP contribution in [0.1, 0.15) is 63.7 Å². The Balaban J connectivity index is 1.29. The van der Waals surface area contributed by atoms with E-state index in [0.29, 0.717) is 39.8 Å². The summed E-state index contributed by atoms with van der Waals surface area (Å²) in [5.74, 6) is -0.481. The van der Waals surface area contributed by atoms with Crippen LogP contribution in [0.15, 0.2) is 23.0 Å². The zero-order valence-corrected chi connectivity index (χ0v) is 21.0. The summed E-state index contributed by atoms with van der Waals surface area (Å²) < 4.78 is 12.1. The van der Waals surface area contributed by atoms with Crippen molar-refractivity contribution in [2.24, 2.45) is 5.92 Å². The van der Waals surface area contributed by atoms with Gasteiger partial charge >= 0.3 is 11.9 Å². The minimum Gasteiger partial charge on any atom is -0.462 e. The quantitative estimate of drug-likeness (QED) is 0.506. The number of aromatic nitrogens is 2. The predicted molar refractivity (Wildman–Crippen MR) is 135 cm³/mol. The molecule has 2 aliphatic rings. The second-order valence-corrected chi connectivity index (χ2v) is 10.3. The van der Waals surface area contributed by atoms with Gasteiger partial charge in [-0.05, 0) is 62.3 Å². The standard InChI is InChI=1S/C26H27N3O6S/c1-3-34-26(33)22-17-8-6-14(2)11-19(17)36-23(22)28-21(30)13-35-25(32)15-7-9-16-18(12-15)27-20-5-4-10-29(20)24(16)31/h7,9,12,14H,3-6,8,10-11,13H2,1-2H3,(H,28,30). The first-order chi connectivity index (χ1) is 17.4. The molecule has 0 saturated heterocycles. The summed E-state index contributed by atoms with van der Waals surface area (Å²) >= 11 is 1.38. The van der Waals surface area contributed by atoms with Crippen LogP contribution in [0.3, 0.4) is 0 Å². The number of amides is 1. The molecule has 3 aromatic rings. The van der Waals surface area contributed by atoms with Gasteiger partial charge in [0.15, 0.2) is 6.61 Å². The number of aryl methyl sites for hydroxylation is 1. The molecule has 36 heavy (non-hydrogen) atoms. The van der Waals surface area contributed by atoms with Crippen LogP contribution in [-0.2, 0) is 40.1 Å². The molecule has 1 atom stereocenters. The molecule has 0 spiro atoms. The van der Waals surface area contributed by atoms with Gasteiger partial charge in [0.1, 0.15) is 10.8 Å². The smallest absolute Gasteiger partial charge is 0.341 e. The van der Waals surface area contributed by atoms with Crippen LogP contribution in [0.5, 0.6) is 0 Å². The van der Waals surface area contributed by atoms with E-state index in [1.54, 1.807) is 17.6 Å². The summed E-state index contributed by atoms with van der Waals surface area (Å²) in [6.45, 7) is 4.28. The second-order valence-electron chi connectivity index (χ2n) is 9.22. The van der Waals surface area contributed by atoms with Gasteiger partial charge in [-0.15, -0.1) is 11.3 Å². The fraction of sp³-hybridized carbons (Fsp3) is 0.423. The first kappa shape index (κ1) is 24.2. The lowest BCUT2D eigenvalue weighted by Crippen LogP contribution is -2.22. The molecule has 3 heterocycles. The third kappa shape index (κ3) is 4.53. The number of nitrogens with zero attached hydrogens (tertiary/aromatic N) is 2. The minimum absolute atomic E-state index is 0.114. The van der Waals surface area contributed by atoms with E-state index in [0.717, 1.165) is 42.5 Å². The van der Waals surface area contributed by atoms with Gasteiger partial charge in [-0.25, -0.2) is 14.6 Å². The van der Waals surface area contributed by atoms with Crippen molar-refractivity contribution in [1.29, 1.82) is 0 Å². The van der Waals surface area contributed by atoms with Crippen LogP contribution in [0.25, 0.3) is 10.9 Å². The third-order valence-electron chi connectivity index (χ3n) is 6.63. The highest BCUT2D eigenvalue weighted by Crippen LogP contribution is 2.40. The van der Waals surface area contributed by atoms with Gasteiger partial charge in [0.2, 0.25) is 0 Å². The van der Waals surface area contributed by atoms with E-state index >= 15 is 0 Å². The topological polar surface area (TPSA) is 117 Å². The van der Waals surface area contributed by atoms with Crippen molar-refractivity contribution in [3.05, 3.63) is 55.9 Å². The molecule has 1 N–H and O–H groups in total. The number of benzene rings is 1. The number of rotatable bonds is 6. The van der Waals surface area contributed by atoms with Crippen LogP contribution in [-0.4, -0.2) is 40.6 Å². The summed E-state index contributed by atoms with van der Waals surface area (Å²) in [7, 11) is 0. The number of hydrogen-bond donors (Lipinski definition) is 1. The van der Waals surface area contributed by atoms with Crippen LogP contribution >= 0.6 is 11.3 Å². The zero-order valence-electron chi connectivity index (χ0n) is 20.2. The maximum Gasteiger partial charge on any atom is 0.341 e. The van der Waals surface area contributed by atoms with Gasteiger partial charge < -0.3 is 14.8 Å². The molecule has 1 unspecified atom stereocenters. The summed E-state index contributed by atoms with van der Waals surface area (Å²) in [6.07, 6.45) is 4.16. The number of fused-ring (bicyclic) bond motifs is 3. The molecule has 188 valence electrons. The van der Waals surface area contributed by atoms with Crippen LogP contribution in [0.4, 0.5) is 5.00 Å². The van der Waals surface area contributed by atoms with Crippen molar-refractivity contribution in [2.75, 3.05) is 18.5 Å². The van der Waals surface area contributed by atoms with E-state index in [4.69, 9.17) is 9.47 Å². The molecule has 2 aromatic heterocycles. The van der Waals surface area contributed by atoms with E-state index in [1.165, 1.54) is 23.5 Å². The number of carbonyl (C=O) groups excluding carboxylic acids is 3. The number of carbonyl (C=O) groups is 3. The molecule has 0 radical (unpaired) electrons. The molecular weight excluding hydrogens is 482 g/mol. The van der Waals surface area contributed by atoms with Crippen molar-refractivity contribution in [3.8, 4) is 0 Å². The Kier molecular flexibility index (Phi) is 6.61. The molecule has 10 heteroatoms. The molecule has 0 fully saturated rings. The molecular formula is C26H27N3O6S. The van der Waals surface area contributed by atoms with Crippen molar-refractivity contribution in [3.63, 3.8) is 0 Å². The van der Waals surface area contributed by atoms with E-state index < -0.39 is 24.5 Å². The molecule has 1 amide bonds. The lowest BCUT2D eigenvalue weighted by atomic mass is 9.88. The summed E-state index contributed by atoms with van der Waals surface area (Å²) in [5.41, 5.74) is 1.87. The van der Waals surface area contributed by atoms with E-state index in [1.807, 2.05) is 0 Å². The summed E-state index contributed by atoms with van der Waals surface area (Å²) in [6, 6.07) is 4.58. The molecule has 0 bridgehead atoms. The normalized spacial score (nSPS) is 16.3. The third-order valence-corrected chi connectivity index (χ3v) is 7.80. The van der Waals surface area contributed by atoms with Gasteiger partial charge in [-0.2, -0.15) is 0 Å². The lowest BCUT2D eigenvalue weighted by Gasteiger charge is -2.18. The molecule has 5 rings (SSSR count). The van der Waals surface area contributed by atoms with Gasteiger partial charge in [-0.3, -0.25) is 14.2 Å². The average molecular weight is 510 g/mol. The van der Waals surface area contributed by atoms with Gasteiger partial charge in [0, 0.05) is 17.8 Å². The van der Waals surface area contributed by atoms with Crippen molar-refractivity contribution < 1.29 is 23.9 Å². The molecule has 1 aromatic carbocycles. The van der Waals surface area contributed by atoms with Crippen LogP contribution in [0, 0.1) is 5.92 Å². The Bertz CT molecular complexity index is 1440. The molecule has 1 aliphatic carbocycles. The largest absolute Gasteiger partial charge is 0.462 e. The van der Waals surface area contributed by atoms with Gasteiger partial charge in [0.05, 0.1) is 28.6 Å². The van der Waals surface area contributed by atoms with Gasteiger partial charge in [-0.1, -0.05) is 6.92 Å². The summed E-state index contributed by atoms with van der Waals surface area (Å²) in [4.78, 5) is 56.1. The first-order valence-corrected chi connectivity index (χ1v) is 13.0. The van der Waals surface area contributed by atoms with Gasteiger partial charge in [0.25, 0.3) is 11.5 Å². The average Bonchev–Trinajstić information content (AvgIpc) is 3.46. The monoisotopic (exact) mass is 509 g/mol. The minimum atomic E-state index is -0.695. The highest BCUT2D eigenvalue weighted by atomic mass is 32.1. The molecule has 9 nitrogen and oxygen atoms in total. The zero-order chi connectivity index (χ0) is 25.4. The van der Waals surface area contributed by atoms with E-state index in [9.17, 15) is 19.2 Å². The molecule has 1 aliphatic heterocycles. The second kappa shape index (κ2) is 9.85. The Hall–Kier alpha value is -3.53. The van der Waals surface area contributed by atoms with Crippen molar-refractivity contribution >= 4 is 45.1 Å². The number of anilines is 1. The Labute approximate surface area is 211 Å². The SMILES string of the molecule is CCOC(=O)c1c(NC(=O)COC(=O)c2ccc3c(=O)n4c(nc3c2)CCC4)sc2c1CCC(C)C2. The summed E-state index contributed by atoms with van der Waals surface area (Å²) in [5, 5.41) is 3.61. The Morgan fingerprint density at radius 3 is 2.83 bits per heavy atom. The maximum absolute atomic E-state index is 12.7. The number of hydrogen-bond acceptors (Lipinski definition) is 8. The van der Waals surface area contributed by atoms with Crippen LogP contribution in [0.2, 0.25) is 0 Å². The molecule has 0 saturated carbocycles. The highest BCUT2D eigenvalue weighted by molar-refractivity contribution is 7.17. The first-order valence-electron chi connectivity index (χ1n) is 12.2. The fourth-order valence-electron chi connectivity index (χ4n) is 4.85. The van der Waals surface area contributed by atoms with Crippen molar-refractivity contribution in [1.82, 2.24) is 9.55 Å². The lowest BCUT2D eigenvalue weighted by molar-refractivity contribution is -0.119. The van der Waals surface area contributed by atoms with Crippen molar-refractivity contribution in [2.45, 2.75) is 52.5 Å². The van der Waals surface area contributed by atoms with E-state index in [-0.39, 0.29) is 17.7 Å². The fourth-order valence-corrected chi connectivity index (χ4v) is 6.26.